The normalized spacial score (nSPS) is 10.5. The Bertz CT molecular complexity index is 541. The smallest absolute Gasteiger partial charge is 0.336 e. The molecule has 15 heavy (non-hydrogen) atoms. The first-order valence-corrected chi connectivity index (χ1v) is 4.52. The fraction of sp³-hybridized carbons (Fsp3) is 0.0833. The number of carboxylic acid groups (broad SMARTS) is 1. The van der Waals surface area contributed by atoms with E-state index < -0.39 is 11.8 Å². The van der Waals surface area contributed by atoms with Crippen LogP contribution in [0.25, 0.3) is 10.8 Å². The third-order valence-corrected chi connectivity index (χ3v) is 2.41. The van der Waals surface area contributed by atoms with Gasteiger partial charge >= 0.3 is 5.97 Å². The lowest BCUT2D eigenvalue weighted by Crippen LogP contribution is -2.01. The van der Waals surface area contributed by atoms with Crippen molar-refractivity contribution in [3.8, 4) is 0 Å². The first-order chi connectivity index (χ1) is 7.09. The molecule has 0 unspecified atom stereocenters. The molecule has 2 rings (SSSR count). The molecular weight excluding hydrogens is 195 g/mol. The van der Waals surface area contributed by atoms with E-state index in [4.69, 9.17) is 5.11 Å². The van der Waals surface area contributed by atoms with E-state index >= 15 is 0 Å². The van der Waals surface area contributed by atoms with Gasteiger partial charge in [0, 0.05) is 0 Å². The zero-order valence-electron chi connectivity index (χ0n) is 8.12. The van der Waals surface area contributed by atoms with Gasteiger partial charge in [0.25, 0.3) is 0 Å². The first-order valence-electron chi connectivity index (χ1n) is 4.52. The van der Waals surface area contributed by atoms with Gasteiger partial charge < -0.3 is 5.11 Å². The monoisotopic (exact) mass is 204 g/mol. The van der Waals surface area contributed by atoms with Crippen LogP contribution in [0.5, 0.6) is 0 Å². The SMILES string of the molecule is Cc1ccc2ccc(F)cc2c1C(=O)O. The van der Waals surface area contributed by atoms with E-state index in [1.807, 2.05) is 0 Å². The molecule has 1 N–H and O–H groups in total. The largest absolute Gasteiger partial charge is 0.478 e. The van der Waals surface area contributed by atoms with Gasteiger partial charge in [-0.15, -0.1) is 0 Å². The second-order valence-corrected chi connectivity index (χ2v) is 3.43. The quantitative estimate of drug-likeness (QED) is 0.775. The lowest BCUT2D eigenvalue weighted by molar-refractivity contribution is 0.0698. The summed E-state index contributed by atoms with van der Waals surface area (Å²) in [5, 5.41) is 10.2. The lowest BCUT2D eigenvalue weighted by Gasteiger charge is -2.05. The zero-order valence-corrected chi connectivity index (χ0v) is 8.12. The number of benzene rings is 2. The summed E-state index contributed by atoms with van der Waals surface area (Å²) >= 11 is 0. The Morgan fingerprint density at radius 3 is 2.60 bits per heavy atom. The van der Waals surface area contributed by atoms with E-state index in [2.05, 4.69) is 0 Å². The third kappa shape index (κ3) is 1.56. The van der Waals surface area contributed by atoms with Crippen molar-refractivity contribution in [2.45, 2.75) is 6.92 Å². The minimum Gasteiger partial charge on any atom is -0.478 e. The number of carboxylic acids is 1. The molecule has 0 amide bonds. The summed E-state index contributed by atoms with van der Waals surface area (Å²) in [6.07, 6.45) is 0. The number of rotatable bonds is 1. The molecule has 76 valence electrons. The number of halogens is 1. The Hall–Kier alpha value is -1.90. The predicted octanol–water partition coefficient (Wildman–Crippen LogP) is 2.99. The van der Waals surface area contributed by atoms with Crippen molar-refractivity contribution in [3.05, 3.63) is 47.3 Å². The number of aryl methyl sites for hydroxylation is 1. The van der Waals surface area contributed by atoms with Crippen LogP contribution in [0, 0.1) is 12.7 Å². The highest BCUT2D eigenvalue weighted by Gasteiger charge is 2.11. The fourth-order valence-electron chi connectivity index (χ4n) is 1.68. The fourth-order valence-corrected chi connectivity index (χ4v) is 1.68. The highest BCUT2D eigenvalue weighted by Crippen LogP contribution is 2.23. The minimum atomic E-state index is -1.02. The van der Waals surface area contributed by atoms with Gasteiger partial charge in [-0.2, -0.15) is 0 Å². The van der Waals surface area contributed by atoms with Crippen LogP contribution >= 0.6 is 0 Å². The number of carbonyl (C=O) groups is 1. The average Bonchev–Trinajstić information content (AvgIpc) is 2.16. The zero-order chi connectivity index (χ0) is 11.0. The maximum Gasteiger partial charge on any atom is 0.336 e. The van der Waals surface area contributed by atoms with Gasteiger partial charge in [-0.05, 0) is 35.4 Å². The van der Waals surface area contributed by atoms with Crippen LogP contribution in [0.4, 0.5) is 4.39 Å². The van der Waals surface area contributed by atoms with Crippen LogP contribution in [0.15, 0.2) is 30.3 Å². The molecule has 2 nitrogen and oxygen atoms in total. The van der Waals surface area contributed by atoms with Crippen molar-refractivity contribution in [1.82, 2.24) is 0 Å². The molecule has 0 spiro atoms. The Morgan fingerprint density at radius 2 is 1.93 bits per heavy atom. The molecule has 0 radical (unpaired) electrons. The summed E-state index contributed by atoms with van der Waals surface area (Å²) in [5.74, 6) is -1.45. The number of hydrogen-bond acceptors (Lipinski definition) is 1. The molecule has 0 atom stereocenters. The van der Waals surface area contributed by atoms with E-state index in [0.717, 1.165) is 5.39 Å². The van der Waals surface area contributed by atoms with Crippen molar-refractivity contribution >= 4 is 16.7 Å². The van der Waals surface area contributed by atoms with Crippen molar-refractivity contribution in [2.75, 3.05) is 0 Å². The summed E-state index contributed by atoms with van der Waals surface area (Å²) in [5.41, 5.74) is 0.813. The summed E-state index contributed by atoms with van der Waals surface area (Å²) in [6.45, 7) is 1.70. The van der Waals surface area contributed by atoms with Gasteiger partial charge in [-0.3, -0.25) is 0 Å². The molecule has 0 saturated heterocycles. The topological polar surface area (TPSA) is 37.3 Å². The van der Waals surface area contributed by atoms with E-state index in [1.165, 1.54) is 12.1 Å². The van der Waals surface area contributed by atoms with Gasteiger partial charge in [0.05, 0.1) is 5.56 Å². The Kier molecular flexibility index (Phi) is 2.15. The number of aromatic carboxylic acids is 1. The highest BCUT2D eigenvalue weighted by molar-refractivity contribution is 6.04. The maximum absolute atomic E-state index is 13.0. The summed E-state index contributed by atoms with van der Waals surface area (Å²) in [4.78, 5) is 11.0. The Labute approximate surface area is 86.0 Å². The summed E-state index contributed by atoms with van der Waals surface area (Å²) in [6, 6.07) is 7.67. The molecule has 0 heterocycles. The molecule has 2 aromatic rings. The maximum atomic E-state index is 13.0. The summed E-state index contributed by atoms with van der Waals surface area (Å²) < 4.78 is 13.0. The molecule has 0 aliphatic rings. The Morgan fingerprint density at radius 1 is 1.27 bits per heavy atom. The number of fused-ring (bicyclic) bond motifs is 1. The van der Waals surface area contributed by atoms with E-state index in [-0.39, 0.29) is 5.56 Å². The molecule has 0 aliphatic heterocycles. The van der Waals surface area contributed by atoms with Gasteiger partial charge in [-0.1, -0.05) is 18.2 Å². The van der Waals surface area contributed by atoms with Crippen molar-refractivity contribution in [1.29, 1.82) is 0 Å². The number of hydrogen-bond donors (Lipinski definition) is 1. The summed E-state index contributed by atoms with van der Waals surface area (Å²) in [7, 11) is 0. The molecule has 3 heteroatoms. The van der Waals surface area contributed by atoms with E-state index in [9.17, 15) is 9.18 Å². The van der Waals surface area contributed by atoms with Crippen LogP contribution in [-0.4, -0.2) is 11.1 Å². The van der Waals surface area contributed by atoms with Crippen LogP contribution in [0.3, 0.4) is 0 Å². The predicted molar refractivity (Wildman–Crippen MR) is 55.6 cm³/mol. The van der Waals surface area contributed by atoms with Gasteiger partial charge in [0.2, 0.25) is 0 Å². The molecule has 0 fully saturated rings. The average molecular weight is 204 g/mol. The van der Waals surface area contributed by atoms with E-state index in [0.29, 0.717) is 10.9 Å². The van der Waals surface area contributed by atoms with Gasteiger partial charge in [0.1, 0.15) is 5.82 Å². The van der Waals surface area contributed by atoms with Crippen LogP contribution < -0.4 is 0 Å². The standard InChI is InChI=1S/C12H9FO2/c1-7-2-3-8-4-5-9(13)6-10(8)11(7)12(14)15/h2-6H,1H3,(H,14,15). The third-order valence-electron chi connectivity index (χ3n) is 2.41. The minimum absolute atomic E-state index is 0.173. The molecule has 0 saturated carbocycles. The molecular formula is C12H9FO2. The van der Waals surface area contributed by atoms with Crippen LogP contribution in [-0.2, 0) is 0 Å². The second kappa shape index (κ2) is 3.35. The molecule has 0 bridgehead atoms. The highest BCUT2D eigenvalue weighted by atomic mass is 19.1. The Balaban J connectivity index is 2.90. The molecule has 2 aromatic carbocycles. The second-order valence-electron chi connectivity index (χ2n) is 3.43. The van der Waals surface area contributed by atoms with Crippen molar-refractivity contribution < 1.29 is 14.3 Å². The van der Waals surface area contributed by atoms with Crippen molar-refractivity contribution in [2.24, 2.45) is 0 Å². The molecule has 0 aromatic heterocycles. The molecule has 0 aliphatic carbocycles. The van der Waals surface area contributed by atoms with E-state index in [1.54, 1.807) is 25.1 Å². The first kappa shape index (κ1) is 9.65. The van der Waals surface area contributed by atoms with Gasteiger partial charge in [-0.25, -0.2) is 9.18 Å². The van der Waals surface area contributed by atoms with Gasteiger partial charge in [0.15, 0.2) is 0 Å². The lowest BCUT2D eigenvalue weighted by atomic mass is 10.00. The van der Waals surface area contributed by atoms with Crippen LogP contribution in [0.1, 0.15) is 15.9 Å². The van der Waals surface area contributed by atoms with Crippen molar-refractivity contribution in [3.63, 3.8) is 0 Å². The van der Waals surface area contributed by atoms with Crippen LogP contribution in [0.2, 0.25) is 0 Å².